The largest absolute Gasteiger partial charge is 0.497 e. The number of nitro benzene ring substituents is 1. The van der Waals surface area contributed by atoms with Gasteiger partial charge in [-0.1, -0.05) is 0 Å². The first kappa shape index (κ1) is 19.7. The van der Waals surface area contributed by atoms with Gasteiger partial charge in [0.1, 0.15) is 16.9 Å². The number of nitrogens with zero attached hydrogens (tertiary/aromatic N) is 1. The van der Waals surface area contributed by atoms with Crippen molar-refractivity contribution in [3.05, 3.63) is 80.2 Å². The smallest absolute Gasteiger partial charge is 0.351 e. The minimum Gasteiger partial charge on any atom is -0.497 e. The molecule has 3 rings (SSSR count). The van der Waals surface area contributed by atoms with E-state index in [0.29, 0.717) is 11.3 Å². The number of ketones is 1. The Labute approximate surface area is 163 Å². The average molecular weight is 397 g/mol. The monoisotopic (exact) mass is 397 g/mol. The lowest BCUT2D eigenvalue weighted by molar-refractivity contribution is -0.384. The number of rotatable bonds is 6. The van der Waals surface area contributed by atoms with Gasteiger partial charge in [0.2, 0.25) is 5.78 Å². The van der Waals surface area contributed by atoms with Crippen LogP contribution >= 0.6 is 0 Å². The van der Waals surface area contributed by atoms with Gasteiger partial charge >= 0.3 is 11.6 Å². The maximum Gasteiger partial charge on any atom is 0.351 e. The van der Waals surface area contributed by atoms with Crippen LogP contribution in [0.2, 0.25) is 0 Å². The summed E-state index contributed by atoms with van der Waals surface area (Å²) >= 11 is 0. The second-order valence-corrected chi connectivity index (χ2v) is 6.07. The summed E-state index contributed by atoms with van der Waals surface area (Å²) < 4.78 is 15.1. The van der Waals surface area contributed by atoms with Gasteiger partial charge < -0.3 is 13.9 Å². The highest BCUT2D eigenvalue weighted by Crippen LogP contribution is 2.21. The molecule has 2 aromatic carbocycles. The van der Waals surface area contributed by atoms with Gasteiger partial charge in [-0.15, -0.1) is 0 Å². The molecule has 0 aliphatic heterocycles. The number of carbonyl (C=O) groups is 2. The number of esters is 1. The van der Waals surface area contributed by atoms with Gasteiger partial charge in [0.05, 0.1) is 12.0 Å². The summed E-state index contributed by atoms with van der Waals surface area (Å²) in [5.41, 5.74) is -1.28. The Balaban J connectivity index is 1.84. The van der Waals surface area contributed by atoms with Crippen LogP contribution in [-0.2, 0) is 4.74 Å². The van der Waals surface area contributed by atoms with E-state index in [1.54, 1.807) is 12.1 Å². The van der Waals surface area contributed by atoms with E-state index in [9.17, 15) is 24.5 Å². The van der Waals surface area contributed by atoms with Gasteiger partial charge in [-0.2, -0.15) is 0 Å². The van der Waals surface area contributed by atoms with E-state index >= 15 is 0 Å². The van der Waals surface area contributed by atoms with Gasteiger partial charge in [0, 0.05) is 23.1 Å². The number of carbonyl (C=O) groups excluding carboxylic acids is 2. The van der Waals surface area contributed by atoms with Crippen molar-refractivity contribution in [2.45, 2.75) is 13.0 Å². The molecule has 0 radical (unpaired) electrons. The summed E-state index contributed by atoms with van der Waals surface area (Å²) in [4.78, 5) is 47.2. The van der Waals surface area contributed by atoms with Gasteiger partial charge in [-0.3, -0.25) is 14.9 Å². The molecule has 0 N–H and O–H groups in total. The maximum absolute atomic E-state index is 12.4. The molecule has 0 aliphatic carbocycles. The number of benzene rings is 2. The Morgan fingerprint density at radius 1 is 1.10 bits per heavy atom. The average Bonchev–Trinajstić information content (AvgIpc) is 2.72. The number of nitro groups is 1. The molecule has 148 valence electrons. The predicted molar refractivity (Wildman–Crippen MR) is 101 cm³/mol. The fourth-order valence-corrected chi connectivity index (χ4v) is 2.63. The molecule has 29 heavy (non-hydrogen) atoms. The maximum atomic E-state index is 12.4. The zero-order valence-corrected chi connectivity index (χ0v) is 15.4. The van der Waals surface area contributed by atoms with Crippen molar-refractivity contribution >= 4 is 28.4 Å². The van der Waals surface area contributed by atoms with Crippen LogP contribution in [0.4, 0.5) is 5.69 Å². The van der Waals surface area contributed by atoms with Gasteiger partial charge in [-0.25, -0.2) is 9.59 Å². The van der Waals surface area contributed by atoms with Crippen molar-refractivity contribution in [3.63, 3.8) is 0 Å². The molecular weight excluding hydrogens is 382 g/mol. The number of fused-ring (bicyclic) bond motifs is 1. The first-order valence-electron chi connectivity index (χ1n) is 8.41. The highest BCUT2D eigenvalue weighted by Gasteiger charge is 2.23. The van der Waals surface area contributed by atoms with Crippen LogP contribution in [0.3, 0.4) is 0 Å². The SMILES string of the molecule is COc1ccc(C(=O)[C@@H](C)OC(=O)c2cc3cc([N+](=O)[O-])ccc3oc2=O)cc1. The van der Waals surface area contributed by atoms with E-state index in [1.807, 2.05) is 0 Å². The fourth-order valence-electron chi connectivity index (χ4n) is 2.63. The lowest BCUT2D eigenvalue weighted by Gasteiger charge is -2.12. The van der Waals surface area contributed by atoms with Crippen molar-refractivity contribution in [1.29, 1.82) is 0 Å². The Hall–Kier alpha value is -4.01. The molecule has 0 spiro atoms. The standard InChI is InChI=1S/C20H15NO8/c1-11(18(22)12-3-6-15(27-2)7-4-12)28-19(23)16-10-13-9-14(21(25)26)5-8-17(13)29-20(16)24/h3-11H,1-2H3/t11-/m1/s1. The lowest BCUT2D eigenvalue weighted by Crippen LogP contribution is -2.27. The molecule has 0 bridgehead atoms. The van der Waals surface area contributed by atoms with Crippen LogP contribution < -0.4 is 10.4 Å². The summed E-state index contributed by atoms with van der Waals surface area (Å²) in [5.74, 6) is -0.975. The highest BCUT2D eigenvalue weighted by atomic mass is 16.6. The lowest BCUT2D eigenvalue weighted by atomic mass is 10.1. The minimum absolute atomic E-state index is 0.0829. The van der Waals surface area contributed by atoms with E-state index in [1.165, 1.54) is 44.4 Å². The second kappa shape index (κ2) is 7.93. The molecule has 1 atom stereocenters. The van der Waals surface area contributed by atoms with Crippen molar-refractivity contribution in [2.24, 2.45) is 0 Å². The predicted octanol–water partition coefficient (Wildman–Crippen LogP) is 3.14. The summed E-state index contributed by atoms with van der Waals surface area (Å²) in [6.45, 7) is 1.37. The molecule has 0 saturated carbocycles. The Kier molecular flexibility index (Phi) is 5.40. The number of methoxy groups -OCH3 is 1. The molecule has 0 amide bonds. The molecule has 0 fully saturated rings. The molecule has 0 saturated heterocycles. The quantitative estimate of drug-likeness (QED) is 0.204. The molecule has 9 nitrogen and oxygen atoms in total. The second-order valence-electron chi connectivity index (χ2n) is 6.07. The molecule has 0 aliphatic rings. The third-order valence-electron chi connectivity index (χ3n) is 4.17. The number of ether oxygens (including phenoxy) is 2. The van der Waals surface area contributed by atoms with Crippen LogP contribution in [0.25, 0.3) is 11.0 Å². The zero-order chi connectivity index (χ0) is 21.1. The summed E-state index contributed by atoms with van der Waals surface area (Å²) in [7, 11) is 1.49. The molecule has 1 aromatic heterocycles. The Morgan fingerprint density at radius 2 is 1.79 bits per heavy atom. The van der Waals surface area contributed by atoms with Crippen molar-refractivity contribution in [3.8, 4) is 5.75 Å². The number of non-ortho nitro benzene ring substituents is 1. The van der Waals surface area contributed by atoms with Crippen molar-refractivity contribution in [2.75, 3.05) is 7.11 Å². The van der Waals surface area contributed by atoms with Gasteiger partial charge in [0.25, 0.3) is 5.69 Å². The van der Waals surface area contributed by atoms with Crippen molar-refractivity contribution < 1.29 is 28.4 Å². The highest BCUT2D eigenvalue weighted by molar-refractivity contribution is 6.01. The van der Waals surface area contributed by atoms with E-state index in [2.05, 4.69) is 0 Å². The molecule has 3 aromatic rings. The van der Waals surface area contributed by atoms with Gasteiger partial charge in [-0.05, 0) is 43.3 Å². The molecule has 1 heterocycles. The number of hydrogen-bond acceptors (Lipinski definition) is 8. The third-order valence-corrected chi connectivity index (χ3v) is 4.17. The first-order chi connectivity index (χ1) is 13.8. The van der Waals surface area contributed by atoms with Crippen LogP contribution in [0.1, 0.15) is 27.6 Å². The first-order valence-corrected chi connectivity index (χ1v) is 8.41. The summed E-state index contributed by atoms with van der Waals surface area (Å²) in [6.07, 6.45) is -1.17. The summed E-state index contributed by atoms with van der Waals surface area (Å²) in [6, 6.07) is 11.0. The van der Waals surface area contributed by atoms with Crippen molar-refractivity contribution in [1.82, 2.24) is 0 Å². The topological polar surface area (TPSA) is 126 Å². The zero-order valence-electron chi connectivity index (χ0n) is 15.4. The third kappa shape index (κ3) is 4.13. The molecular formula is C20H15NO8. The fraction of sp³-hybridized carbons (Fsp3) is 0.150. The summed E-state index contributed by atoms with van der Waals surface area (Å²) in [5, 5.41) is 11.1. The Morgan fingerprint density at radius 3 is 2.41 bits per heavy atom. The minimum atomic E-state index is -1.17. The normalized spacial score (nSPS) is 11.7. The molecule has 9 heteroatoms. The number of hydrogen-bond donors (Lipinski definition) is 0. The van der Waals surface area contributed by atoms with E-state index in [4.69, 9.17) is 13.9 Å². The van der Waals surface area contributed by atoms with Gasteiger partial charge in [0.15, 0.2) is 6.10 Å². The van der Waals surface area contributed by atoms with Crippen LogP contribution in [0, 0.1) is 10.1 Å². The van der Waals surface area contributed by atoms with Crippen LogP contribution in [-0.4, -0.2) is 29.9 Å². The Bertz CT molecular complexity index is 1160. The van der Waals surface area contributed by atoms with Crippen LogP contribution in [0.15, 0.2) is 57.7 Å². The van der Waals surface area contributed by atoms with E-state index in [0.717, 1.165) is 6.07 Å². The van der Waals surface area contributed by atoms with E-state index < -0.39 is 34.0 Å². The molecule has 0 unspecified atom stereocenters. The number of Topliss-reactive ketones (excluding diaryl/α,β-unsaturated/α-hetero) is 1. The van der Waals surface area contributed by atoms with Crippen LogP contribution in [0.5, 0.6) is 5.75 Å². The van der Waals surface area contributed by atoms with E-state index in [-0.39, 0.29) is 16.7 Å².